The Balaban J connectivity index is 2.12. The number of hydrogen-bond acceptors (Lipinski definition) is 11. The van der Waals surface area contributed by atoms with Crippen molar-refractivity contribution in [3.05, 3.63) is 0 Å². The summed E-state index contributed by atoms with van der Waals surface area (Å²) in [6.45, 7) is -1.21. The van der Waals surface area contributed by atoms with Gasteiger partial charge in [0.25, 0.3) is 0 Å². The second-order valence-electron chi connectivity index (χ2n) is 5.74. The molecule has 7 N–H and O–H groups in total. The molecule has 0 aliphatic carbocycles. The van der Waals surface area contributed by atoms with Crippen molar-refractivity contribution in [1.82, 2.24) is 0 Å². The third kappa shape index (κ3) is 3.71. The van der Waals surface area contributed by atoms with Crippen LogP contribution in [0.15, 0.2) is 0 Å². The summed E-state index contributed by atoms with van der Waals surface area (Å²) >= 11 is 0. The highest BCUT2D eigenvalue weighted by atomic mass is 16.8. The third-order valence-corrected chi connectivity index (χ3v) is 4.20. The van der Waals surface area contributed by atoms with Crippen LogP contribution in [0.25, 0.3) is 0 Å². The summed E-state index contributed by atoms with van der Waals surface area (Å²) < 4.78 is 20.8. The summed E-state index contributed by atoms with van der Waals surface area (Å²) in [6.07, 6.45) is -14.3. The molecule has 2 rings (SSSR count). The molecule has 2 heterocycles. The number of ether oxygens (including phenoxy) is 4. The lowest BCUT2D eigenvalue weighted by Gasteiger charge is -2.45. The Kier molecular flexibility index (Phi) is 6.87. The van der Waals surface area contributed by atoms with Crippen LogP contribution in [0.2, 0.25) is 0 Å². The molecule has 11 heteroatoms. The quantitative estimate of drug-likeness (QED) is 0.251. The maximum atomic E-state index is 10.2. The molecule has 0 saturated carbocycles. The standard InChI is InChI=1S/C13H24O11/c1-21-13-11(9(19)7(17)5(3-15)23-13)24-12-10(20)8(18)6(16)4(2-14)22-12/h4-20H,2-3H2,1H3/t4-,5-,6-,7-,8+,9+,10+,11+,12-,13-/m1/s1. The Morgan fingerprint density at radius 2 is 1.21 bits per heavy atom. The molecule has 2 aliphatic heterocycles. The van der Waals surface area contributed by atoms with E-state index in [0.717, 1.165) is 0 Å². The summed E-state index contributed by atoms with van der Waals surface area (Å²) in [6, 6.07) is 0. The summed E-state index contributed by atoms with van der Waals surface area (Å²) in [7, 11) is 1.24. The van der Waals surface area contributed by atoms with Gasteiger partial charge in [-0.3, -0.25) is 0 Å². The van der Waals surface area contributed by atoms with E-state index < -0.39 is 74.6 Å². The zero-order chi connectivity index (χ0) is 18.0. The van der Waals surface area contributed by atoms with E-state index >= 15 is 0 Å². The van der Waals surface area contributed by atoms with Crippen LogP contribution in [0.3, 0.4) is 0 Å². The molecule has 2 saturated heterocycles. The van der Waals surface area contributed by atoms with Gasteiger partial charge in [-0.25, -0.2) is 0 Å². The summed E-state index contributed by atoms with van der Waals surface area (Å²) in [5.74, 6) is 0. The number of rotatable bonds is 5. The predicted molar refractivity (Wildman–Crippen MR) is 73.4 cm³/mol. The molecule has 0 unspecified atom stereocenters. The van der Waals surface area contributed by atoms with Crippen molar-refractivity contribution in [1.29, 1.82) is 0 Å². The van der Waals surface area contributed by atoms with Crippen LogP contribution < -0.4 is 0 Å². The van der Waals surface area contributed by atoms with Crippen LogP contribution >= 0.6 is 0 Å². The number of aliphatic hydroxyl groups excluding tert-OH is 7. The van der Waals surface area contributed by atoms with E-state index in [1.807, 2.05) is 0 Å². The topological polar surface area (TPSA) is 179 Å². The normalized spacial score (nSPS) is 50.0. The van der Waals surface area contributed by atoms with Crippen LogP contribution in [0.4, 0.5) is 0 Å². The molecule has 2 fully saturated rings. The first kappa shape index (κ1) is 19.9. The Morgan fingerprint density at radius 3 is 1.71 bits per heavy atom. The van der Waals surface area contributed by atoms with Gasteiger partial charge in [-0.1, -0.05) is 0 Å². The molecule has 10 atom stereocenters. The highest BCUT2D eigenvalue weighted by Gasteiger charge is 2.50. The van der Waals surface area contributed by atoms with Crippen LogP contribution in [0.1, 0.15) is 0 Å². The second-order valence-corrected chi connectivity index (χ2v) is 5.74. The van der Waals surface area contributed by atoms with Gasteiger partial charge >= 0.3 is 0 Å². The molecule has 0 aromatic heterocycles. The molecule has 2 aliphatic rings. The maximum absolute atomic E-state index is 10.2. The van der Waals surface area contributed by atoms with Gasteiger partial charge in [-0.05, 0) is 0 Å². The Bertz CT molecular complexity index is 392. The van der Waals surface area contributed by atoms with Crippen LogP contribution in [0, 0.1) is 0 Å². The lowest BCUT2D eigenvalue weighted by molar-refractivity contribution is -0.364. The van der Waals surface area contributed by atoms with Gasteiger partial charge < -0.3 is 54.7 Å². The summed E-state index contributed by atoms with van der Waals surface area (Å²) in [5.41, 5.74) is 0. The van der Waals surface area contributed by atoms with Gasteiger partial charge in [0.15, 0.2) is 12.6 Å². The van der Waals surface area contributed by atoms with E-state index in [1.165, 1.54) is 7.11 Å². The molecule has 0 bridgehead atoms. The molecule has 0 aromatic rings. The molecular weight excluding hydrogens is 332 g/mol. The van der Waals surface area contributed by atoms with E-state index in [1.54, 1.807) is 0 Å². The molecule has 142 valence electrons. The lowest BCUT2D eigenvalue weighted by atomic mass is 9.97. The fourth-order valence-corrected chi connectivity index (χ4v) is 2.73. The van der Waals surface area contributed by atoms with Gasteiger partial charge in [-0.15, -0.1) is 0 Å². The number of hydrogen-bond donors (Lipinski definition) is 7. The van der Waals surface area contributed by atoms with Crippen LogP contribution in [-0.4, -0.2) is 117 Å². The van der Waals surface area contributed by atoms with Crippen molar-refractivity contribution < 1.29 is 54.7 Å². The first-order valence-corrected chi connectivity index (χ1v) is 7.46. The van der Waals surface area contributed by atoms with Gasteiger partial charge in [0.2, 0.25) is 0 Å². The Labute approximate surface area is 137 Å². The average molecular weight is 356 g/mol. The maximum Gasteiger partial charge on any atom is 0.187 e. The predicted octanol–water partition coefficient (Wildman–Crippen LogP) is -4.74. The summed E-state index contributed by atoms with van der Waals surface area (Å²) in [5, 5.41) is 67.8. The van der Waals surface area contributed by atoms with E-state index in [-0.39, 0.29) is 0 Å². The molecule has 24 heavy (non-hydrogen) atoms. The van der Waals surface area contributed by atoms with E-state index in [0.29, 0.717) is 0 Å². The second kappa shape index (κ2) is 8.29. The first-order chi connectivity index (χ1) is 11.3. The first-order valence-electron chi connectivity index (χ1n) is 7.46. The van der Waals surface area contributed by atoms with Gasteiger partial charge in [0.1, 0.15) is 48.8 Å². The molecule has 11 nitrogen and oxygen atoms in total. The SMILES string of the molecule is CO[C@@H]1O[C@H](CO)[C@@H](O)[C@H](O)[C@@H]1O[C@H]1O[C@H](CO)[C@@H](O)[C@H](O)[C@@H]1O. The van der Waals surface area contributed by atoms with Crippen molar-refractivity contribution in [2.24, 2.45) is 0 Å². The fraction of sp³-hybridized carbons (Fsp3) is 1.00. The molecule has 0 radical (unpaired) electrons. The Morgan fingerprint density at radius 1 is 0.708 bits per heavy atom. The largest absolute Gasteiger partial charge is 0.394 e. The zero-order valence-electron chi connectivity index (χ0n) is 13.0. The highest BCUT2D eigenvalue weighted by molar-refractivity contribution is 4.93. The van der Waals surface area contributed by atoms with Crippen molar-refractivity contribution in [2.45, 2.75) is 61.4 Å². The smallest absolute Gasteiger partial charge is 0.187 e. The highest BCUT2D eigenvalue weighted by Crippen LogP contribution is 2.29. The van der Waals surface area contributed by atoms with E-state index in [2.05, 4.69) is 0 Å². The van der Waals surface area contributed by atoms with Crippen LogP contribution in [-0.2, 0) is 18.9 Å². The molecule has 0 spiro atoms. The van der Waals surface area contributed by atoms with Gasteiger partial charge in [0.05, 0.1) is 13.2 Å². The zero-order valence-corrected chi connectivity index (χ0v) is 13.0. The summed E-state index contributed by atoms with van der Waals surface area (Å²) in [4.78, 5) is 0. The van der Waals surface area contributed by atoms with Crippen molar-refractivity contribution in [3.63, 3.8) is 0 Å². The van der Waals surface area contributed by atoms with Crippen molar-refractivity contribution in [2.75, 3.05) is 20.3 Å². The third-order valence-electron chi connectivity index (χ3n) is 4.20. The fourth-order valence-electron chi connectivity index (χ4n) is 2.73. The van der Waals surface area contributed by atoms with Crippen molar-refractivity contribution in [3.8, 4) is 0 Å². The minimum Gasteiger partial charge on any atom is -0.394 e. The molecule has 0 aromatic carbocycles. The minimum atomic E-state index is -1.68. The lowest BCUT2D eigenvalue weighted by Crippen LogP contribution is -2.64. The van der Waals surface area contributed by atoms with Gasteiger partial charge in [-0.2, -0.15) is 0 Å². The van der Waals surface area contributed by atoms with Gasteiger partial charge in [0, 0.05) is 7.11 Å². The number of aliphatic hydroxyl groups is 7. The molecular formula is C13H24O11. The average Bonchev–Trinajstić information content (AvgIpc) is 2.59. The minimum absolute atomic E-state index is 0.565. The van der Waals surface area contributed by atoms with Crippen molar-refractivity contribution >= 4 is 0 Å². The van der Waals surface area contributed by atoms with E-state index in [4.69, 9.17) is 29.2 Å². The molecule has 0 amide bonds. The Hall–Kier alpha value is -0.440. The number of methoxy groups -OCH3 is 1. The van der Waals surface area contributed by atoms with Crippen LogP contribution in [0.5, 0.6) is 0 Å². The van der Waals surface area contributed by atoms with E-state index in [9.17, 15) is 25.5 Å². The monoisotopic (exact) mass is 356 g/mol.